The summed E-state index contributed by atoms with van der Waals surface area (Å²) in [5.74, 6) is -0.211. The SMILES string of the molecule is C#Cc1cnc2ccc(Nc3cc(NC4CCC(F)(F)C4)c(C(=O)NCC(F)C(C)(C)O)cn3)nc2c1. The van der Waals surface area contributed by atoms with Crippen LogP contribution in [0.25, 0.3) is 11.0 Å². The van der Waals surface area contributed by atoms with E-state index in [4.69, 9.17) is 6.42 Å². The van der Waals surface area contributed by atoms with Crippen molar-refractivity contribution in [2.75, 3.05) is 17.2 Å². The molecule has 0 bridgehead atoms. The van der Waals surface area contributed by atoms with Crippen LogP contribution in [0.4, 0.5) is 30.5 Å². The number of carbonyl (C=O) groups excluding carboxylic acids is 1. The maximum absolute atomic E-state index is 14.2. The topological polar surface area (TPSA) is 112 Å². The van der Waals surface area contributed by atoms with Crippen LogP contribution in [0.3, 0.4) is 0 Å². The van der Waals surface area contributed by atoms with Gasteiger partial charge in [-0.1, -0.05) is 5.92 Å². The number of pyridine rings is 3. The van der Waals surface area contributed by atoms with Gasteiger partial charge in [0.25, 0.3) is 5.91 Å². The van der Waals surface area contributed by atoms with E-state index in [2.05, 4.69) is 36.8 Å². The summed E-state index contributed by atoms with van der Waals surface area (Å²) in [4.78, 5) is 25.8. The van der Waals surface area contributed by atoms with Gasteiger partial charge in [0.1, 0.15) is 17.8 Å². The minimum Gasteiger partial charge on any atom is -0.387 e. The number of fused-ring (bicyclic) bond motifs is 1. The van der Waals surface area contributed by atoms with Gasteiger partial charge in [0.2, 0.25) is 5.92 Å². The summed E-state index contributed by atoms with van der Waals surface area (Å²) in [5, 5.41) is 18.3. The fourth-order valence-electron chi connectivity index (χ4n) is 3.93. The van der Waals surface area contributed by atoms with E-state index in [1.54, 1.807) is 24.4 Å². The molecule has 8 nitrogen and oxygen atoms in total. The van der Waals surface area contributed by atoms with Crippen molar-refractivity contribution < 1.29 is 23.1 Å². The lowest BCUT2D eigenvalue weighted by atomic mass is 10.0. The Labute approximate surface area is 212 Å². The third-order valence-electron chi connectivity index (χ3n) is 6.08. The first-order valence-electron chi connectivity index (χ1n) is 11.7. The zero-order valence-corrected chi connectivity index (χ0v) is 20.4. The second-order valence-electron chi connectivity index (χ2n) is 9.61. The van der Waals surface area contributed by atoms with Crippen LogP contribution < -0.4 is 16.0 Å². The Balaban J connectivity index is 1.59. The Morgan fingerprint density at radius 2 is 2.03 bits per heavy atom. The highest BCUT2D eigenvalue weighted by Crippen LogP contribution is 2.37. The molecular formula is C26H27F3N6O2. The Morgan fingerprint density at radius 3 is 2.70 bits per heavy atom. The van der Waals surface area contributed by atoms with E-state index in [-0.39, 0.29) is 30.5 Å². The summed E-state index contributed by atoms with van der Waals surface area (Å²) in [7, 11) is 0. The zero-order chi connectivity index (χ0) is 26.8. The van der Waals surface area contributed by atoms with Gasteiger partial charge in [-0.25, -0.2) is 23.1 Å². The average molecular weight is 513 g/mol. The molecule has 0 saturated heterocycles. The third-order valence-corrected chi connectivity index (χ3v) is 6.08. The van der Waals surface area contributed by atoms with Gasteiger partial charge in [0, 0.05) is 42.9 Å². The van der Waals surface area contributed by atoms with E-state index in [0.717, 1.165) is 0 Å². The second-order valence-corrected chi connectivity index (χ2v) is 9.61. The minimum atomic E-state index is -2.79. The predicted molar refractivity (Wildman–Crippen MR) is 135 cm³/mol. The maximum atomic E-state index is 14.2. The number of halogens is 3. The standard InChI is InChI=1S/C26H27F3N6O2/c1-4-15-9-20-18(30-12-15)5-6-22(34-20)35-23-10-19(33-16-7-8-26(28,29)11-16)17(13-31-23)24(36)32-14-21(27)25(2,3)37/h1,5-6,9-10,12-13,16,21,37H,7-8,11,14H2,2-3H3,(H,32,36)(H2,31,33,34,35). The molecule has 0 spiro atoms. The molecule has 0 aromatic carbocycles. The van der Waals surface area contributed by atoms with Crippen LogP contribution in [-0.2, 0) is 0 Å². The third kappa shape index (κ3) is 6.46. The minimum absolute atomic E-state index is 0.0537. The number of anilines is 3. The number of amides is 1. The molecule has 194 valence electrons. The molecule has 1 aliphatic rings. The van der Waals surface area contributed by atoms with E-state index in [1.807, 2.05) is 0 Å². The average Bonchev–Trinajstić information content (AvgIpc) is 3.19. The highest BCUT2D eigenvalue weighted by Gasteiger charge is 2.39. The number of hydrogen-bond acceptors (Lipinski definition) is 7. The quantitative estimate of drug-likeness (QED) is 0.335. The van der Waals surface area contributed by atoms with Crippen LogP contribution in [0, 0.1) is 12.3 Å². The lowest BCUT2D eigenvalue weighted by Gasteiger charge is -2.23. The van der Waals surface area contributed by atoms with Crippen LogP contribution in [0.5, 0.6) is 0 Å². The van der Waals surface area contributed by atoms with E-state index >= 15 is 0 Å². The van der Waals surface area contributed by atoms with Crippen molar-refractivity contribution in [2.24, 2.45) is 0 Å². The number of alkyl halides is 3. The molecule has 1 amide bonds. The summed E-state index contributed by atoms with van der Waals surface area (Å²) < 4.78 is 41.7. The Kier molecular flexibility index (Phi) is 7.23. The summed E-state index contributed by atoms with van der Waals surface area (Å²) >= 11 is 0. The van der Waals surface area contributed by atoms with Gasteiger partial charge in [0.15, 0.2) is 0 Å². The maximum Gasteiger partial charge on any atom is 0.255 e. The van der Waals surface area contributed by atoms with Crippen LogP contribution in [0.1, 0.15) is 49.0 Å². The number of aliphatic hydroxyl groups is 1. The van der Waals surface area contributed by atoms with Crippen LogP contribution >= 0.6 is 0 Å². The molecule has 2 unspecified atom stereocenters. The van der Waals surface area contributed by atoms with Crippen molar-refractivity contribution in [2.45, 2.75) is 56.8 Å². The first-order chi connectivity index (χ1) is 17.4. The Hall–Kier alpha value is -3.91. The van der Waals surface area contributed by atoms with E-state index in [9.17, 15) is 23.1 Å². The van der Waals surface area contributed by atoms with Gasteiger partial charge < -0.3 is 21.1 Å². The van der Waals surface area contributed by atoms with Gasteiger partial charge in [-0.2, -0.15) is 0 Å². The first kappa shape index (κ1) is 26.2. The highest BCUT2D eigenvalue weighted by molar-refractivity contribution is 6.00. The molecule has 0 aliphatic heterocycles. The summed E-state index contributed by atoms with van der Waals surface area (Å²) in [6, 6.07) is 6.11. The smallest absolute Gasteiger partial charge is 0.255 e. The monoisotopic (exact) mass is 512 g/mol. The van der Waals surface area contributed by atoms with Crippen molar-refractivity contribution >= 4 is 34.3 Å². The molecule has 11 heteroatoms. The lowest BCUT2D eigenvalue weighted by molar-refractivity contribution is -0.00179. The summed E-state index contributed by atoms with van der Waals surface area (Å²) in [6.07, 6.45) is 6.16. The van der Waals surface area contributed by atoms with E-state index in [1.165, 1.54) is 26.1 Å². The fourth-order valence-corrected chi connectivity index (χ4v) is 3.93. The van der Waals surface area contributed by atoms with Gasteiger partial charge in [-0.15, -0.1) is 6.42 Å². The van der Waals surface area contributed by atoms with Crippen molar-refractivity contribution in [3.8, 4) is 12.3 Å². The number of terminal acetylenes is 1. The van der Waals surface area contributed by atoms with Crippen molar-refractivity contribution in [1.82, 2.24) is 20.3 Å². The molecule has 4 N–H and O–H groups in total. The number of nitrogens with one attached hydrogen (secondary N) is 3. The number of nitrogens with zero attached hydrogens (tertiary/aromatic N) is 3. The molecule has 37 heavy (non-hydrogen) atoms. The van der Waals surface area contributed by atoms with E-state index < -0.39 is 36.2 Å². The van der Waals surface area contributed by atoms with Gasteiger partial charge >= 0.3 is 0 Å². The van der Waals surface area contributed by atoms with Gasteiger partial charge in [-0.3, -0.25) is 9.78 Å². The second kappa shape index (κ2) is 10.2. The summed E-state index contributed by atoms with van der Waals surface area (Å²) in [5.41, 5.74) is 0.457. The molecule has 4 rings (SSSR count). The molecule has 1 saturated carbocycles. The summed E-state index contributed by atoms with van der Waals surface area (Å²) in [6.45, 7) is 2.16. The van der Waals surface area contributed by atoms with Crippen LogP contribution in [0.15, 0.2) is 36.7 Å². The van der Waals surface area contributed by atoms with Gasteiger partial charge in [0.05, 0.1) is 34.4 Å². The normalized spacial score (nSPS) is 17.7. The molecular weight excluding hydrogens is 485 g/mol. The fraction of sp³-hybridized carbons (Fsp3) is 0.385. The van der Waals surface area contributed by atoms with Crippen LogP contribution in [-0.4, -0.2) is 56.2 Å². The van der Waals surface area contributed by atoms with Crippen molar-refractivity contribution in [3.63, 3.8) is 0 Å². The largest absolute Gasteiger partial charge is 0.387 e. The van der Waals surface area contributed by atoms with Crippen molar-refractivity contribution in [1.29, 1.82) is 0 Å². The van der Waals surface area contributed by atoms with Gasteiger partial charge in [-0.05, 0) is 38.5 Å². The van der Waals surface area contributed by atoms with Crippen molar-refractivity contribution in [3.05, 3.63) is 47.8 Å². The molecule has 3 aromatic rings. The lowest BCUT2D eigenvalue weighted by Crippen LogP contribution is -2.42. The molecule has 3 aromatic heterocycles. The number of carbonyl (C=O) groups is 1. The number of aromatic nitrogens is 3. The molecule has 2 atom stereocenters. The molecule has 3 heterocycles. The molecule has 1 aliphatic carbocycles. The number of hydrogen-bond donors (Lipinski definition) is 4. The molecule has 1 fully saturated rings. The predicted octanol–water partition coefficient (Wildman–Crippen LogP) is 4.19. The highest BCUT2D eigenvalue weighted by atomic mass is 19.3. The zero-order valence-electron chi connectivity index (χ0n) is 20.4. The number of rotatable bonds is 8. The van der Waals surface area contributed by atoms with Crippen LogP contribution in [0.2, 0.25) is 0 Å². The Morgan fingerprint density at radius 1 is 1.24 bits per heavy atom. The molecule has 0 radical (unpaired) electrons. The first-order valence-corrected chi connectivity index (χ1v) is 11.7. The van der Waals surface area contributed by atoms with E-state index in [0.29, 0.717) is 28.2 Å². The Bertz CT molecular complexity index is 1350.